The molecule has 0 spiro atoms. The van der Waals surface area contributed by atoms with Gasteiger partial charge in [-0.15, -0.1) is 0 Å². The Morgan fingerprint density at radius 2 is 2.22 bits per heavy atom. The van der Waals surface area contributed by atoms with E-state index in [1.165, 1.54) is 0 Å². The summed E-state index contributed by atoms with van der Waals surface area (Å²) in [6, 6.07) is 7.88. The van der Waals surface area contributed by atoms with E-state index in [1.807, 2.05) is 12.1 Å². The molecule has 124 valence electrons. The monoisotopic (exact) mass is 316 g/mol. The fourth-order valence-electron chi connectivity index (χ4n) is 3.13. The third-order valence-corrected chi connectivity index (χ3v) is 4.46. The Hall–Kier alpha value is -2.01. The van der Waals surface area contributed by atoms with E-state index < -0.39 is 0 Å². The SMILES string of the molecule is COc1cc(CN2CCCC2c2cc(C(C)C)no2)ccc1O. The molecule has 1 atom stereocenters. The van der Waals surface area contributed by atoms with E-state index in [1.54, 1.807) is 13.2 Å². The van der Waals surface area contributed by atoms with E-state index in [-0.39, 0.29) is 11.8 Å². The summed E-state index contributed by atoms with van der Waals surface area (Å²) in [5, 5.41) is 13.9. The first kappa shape index (κ1) is 15.9. The van der Waals surface area contributed by atoms with Crippen molar-refractivity contribution in [2.75, 3.05) is 13.7 Å². The molecule has 1 fully saturated rings. The lowest BCUT2D eigenvalue weighted by atomic mass is 10.1. The van der Waals surface area contributed by atoms with E-state index in [9.17, 15) is 5.11 Å². The summed E-state index contributed by atoms with van der Waals surface area (Å²) in [6.45, 7) is 6.08. The van der Waals surface area contributed by atoms with Gasteiger partial charge in [-0.05, 0) is 43.0 Å². The van der Waals surface area contributed by atoms with Crippen molar-refractivity contribution in [2.45, 2.75) is 45.2 Å². The lowest BCUT2D eigenvalue weighted by molar-refractivity contribution is 0.206. The average molecular weight is 316 g/mol. The third kappa shape index (κ3) is 3.34. The summed E-state index contributed by atoms with van der Waals surface area (Å²) in [4.78, 5) is 2.40. The van der Waals surface area contributed by atoms with Crippen LogP contribution in [-0.4, -0.2) is 28.8 Å². The Bertz CT molecular complexity index is 666. The second-order valence-corrected chi connectivity index (χ2v) is 6.44. The molecule has 2 heterocycles. The molecular formula is C18H24N2O3. The summed E-state index contributed by atoms with van der Waals surface area (Å²) in [7, 11) is 1.57. The minimum Gasteiger partial charge on any atom is -0.504 e. The highest BCUT2D eigenvalue weighted by molar-refractivity contribution is 5.41. The van der Waals surface area contributed by atoms with Crippen molar-refractivity contribution < 1.29 is 14.4 Å². The highest BCUT2D eigenvalue weighted by atomic mass is 16.5. The Morgan fingerprint density at radius 3 is 2.91 bits per heavy atom. The molecule has 5 nitrogen and oxygen atoms in total. The zero-order valence-corrected chi connectivity index (χ0v) is 14.0. The van der Waals surface area contributed by atoms with Crippen LogP contribution in [0.2, 0.25) is 0 Å². The molecule has 1 aromatic carbocycles. The van der Waals surface area contributed by atoms with Crippen LogP contribution in [0.5, 0.6) is 11.5 Å². The van der Waals surface area contributed by atoms with Crippen molar-refractivity contribution in [3.8, 4) is 11.5 Å². The van der Waals surface area contributed by atoms with Gasteiger partial charge in [0.2, 0.25) is 0 Å². The first-order valence-corrected chi connectivity index (χ1v) is 8.15. The first-order valence-electron chi connectivity index (χ1n) is 8.15. The van der Waals surface area contributed by atoms with Gasteiger partial charge in [0.05, 0.1) is 18.8 Å². The van der Waals surface area contributed by atoms with Crippen LogP contribution in [0.1, 0.15) is 55.7 Å². The maximum atomic E-state index is 9.72. The molecule has 0 aliphatic carbocycles. The van der Waals surface area contributed by atoms with E-state index in [0.717, 1.165) is 42.9 Å². The molecule has 0 bridgehead atoms. The lowest BCUT2D eigenvalue weighted by Gasteiger charge is -2.22. The fourth-order valence-corrected chi connectivity index (χ4v) is 3.13. The molecule has 0 amide bonds. The summed E-state index contributed by atoms with van der Waals surface area (Å²) in [6.07, 6.45) is 2.24. The van der Waals surface area contributed by atoms with Crippen LogP contribution in [0.25, 0.3) is 0 Å². The van der Waals surface area contributed by atoms with Crippen molar-refractivity contribution in [3.63, 3.8) is 0 Å². The van der Waals surface area contributed by atoms with Crippen LogP contribution >= 0.6 is 0 Å². The van der Waals surface area contributed by atoms with Gasteiger partial charge < -0.3 is 14.4 Å². The van der Waals surface area contributed by atoms with E-state index in [4.69, 9.17) is 9.26 Å². The van der Waals surface area contributed by atoms with E-state index in [2.05, 4.69) is 30.0 Å². The Morgan fingerprint density at radius 1 is 1.39 bits per heavy atom. The summed E-state index contributed by atoms with van der Waals surface area (Å²) < 4.78 is 10.8. The maximum Gasteiger partial charge on any atom is 0.160 e. The molecule has 1 aromatic heterocycles. The van der Waals surface area contributed by atoms with Gasteiger partial charge in [-0.3, -0.25) is 4.90 Å². The molecule has 1 N–H and O–H groups in total. The van der Waals surface area contributed by atoms with Crippen LogP contribution in [0.3, 0.4) is 0 Å². The minimum absolute atomic E-state index is 0.172. The van der Waals surface area contributed by atoms with Crippen LogP contribution in [0, 0.1) is 0 Å². The number of hydrogen-bond donors (Lipinski definition) is 1. The molecule has 0 saturated carbocycles. The molecule has 3 rings (SSSR count). The predicted octanol–water partition coefficient (Wildman–Crippen LogP) is 3.85. The van der Waals surface area contributed by atoms with Gasteiger partial charge in [-0.2, -0.15) is 0 Å². The molecule has 1 aliphatic heterocycles. The van der Waals surface area contributed by atoms with Crippen LogP contribution < -0.4 is 4.74 Å². The number of phenols is 1. The molecule has 0 radical (unpaired) electrons. The molecule has 1 saturated heterocycles. The highest BCUT2D eigenvalue weighted by Crippen LogP contribution is 2.35. The van der Waals surface area contributed by atoms with Crippen LogP contribution in [-0.2, 0) is 6.54 Å². The molecular weight excluding hydrogens is 292 g/mol. The van der Waals surface area contributed by atoms with Gasteiger partial charge in [0, 0.05) is 12.6 Å². The van der Waals surface area contributed by atoms with Gasteiger partial charge in [0.25, 0.3) is 0 Å². The van der Waals surface area contributed by atoms with Crippen LogP contribution in [0.15, 0.2) is 28.8 Å². The van der Waals surface area contributed by atoms with Crippen molar-refractivity contribution in [1.82, 2.24) is 10.1 Å². The molecule has 1 unspecified atom stereocenters. The van der Waals surface area contributed by atoms with Gasteiger partial charge in [-0.25, -0.2) is 0 Å². The number of phenolic OH excluding ortho intramolecular Hbond substituents is 1. The number of hydrogen-bond acceptors (Lipinski definition) is 5. The van der Waals surface area contributed by atoms with Crippen LogP contribution in [0.4, 0.5) is 0 Å². The summed E-state index contributed by atoms with van der Waals surface area (Å²) >= 11 is 0. The van der Waals surface area contributed by atoms with Crippen molar-refractivity contribution >= 4 is 0 Å². The Labute approximate surface area is 136 Å². The lowest BCUT2D eigenvalue weighted by Crippen LogP contribution is -2.22. The predicted molar refractivity (Wildman–Crippen MR) is 87.6 cm³/mol. The Kier molecular flexibility index (Phi) is 4.57. The van der Waals surface area contributed by atoms with E-state index >= 15 is 0 Å². The van der Waals surface area contributed by atoms with E-state index in [0.29, 0.717) is 11.7 Å². The number of benzene rings is 1. The third-order valence-electron chi connectivity index (χ3n) is 4.46. The quantitative estimate of drug-likeness (QED) is 0.908. The second kappa shape index (κ2) is 6.62. The summed E-state index contributed by atoms with van der Waals surface area (Å²) in [5.41, 5.74) is 2.13. The number of nitrogens with zero attached hydrogens (tertiary/aromatic N) is 2. The van der Waals surface area contributed by atoms with Crippen molar-refractivity contribution in [2.24, 2.45) is 0 Å². The largest absolute Gasteiger partial charge is 0.504 e. The van der Waals surface area contributed by atoms with Gasteiger partial charge in [-0.1, -0.05) is 25.1 Å². The second-order valence-electron chi connectivity index (χ2n) is 6.44. The number of aromatic hydroxyl groups is 1. The number of ether oxygens (including phenoxy) is 1. The van der Waals surface area contributed by atoms with Crippen molar-refractivity contribution in [1.29, 1.82) is 0 Å². The van der Waals surface area contributed by atoms with Gasteiger partial charge in [0.1, 0.15) is 0 Å². The zero-order valence-electron chi connectivity index (χ0n) is 14.0. The standard InChI is InChI=1S/C18H24N2O3/c1-12(2)14-10-17(23-19-14)15-5-4-8-20(15)11-13-6-7-16(21)18(9-13)22-3/h6-7,9-10,12,15,21H,4-5,8,11H2,1-3H3. The average Bonchev–Trinajstić information content (AvgIpc) is 3.17. The normalized spacial score (nSPS) is 18.7. The molecule has 2 aromatic rings. The maximum absolute atomic E-state index is 9.72. The molecule has 5 heteroatoms. The van der Waals surface area contributed by atoms with Gasteiger partial charge in [0.15, 0.2) is 17.3 Å². The van der Waals surface area contributed by atoms with Crippen molar-refractivity contribution in [3.05, 3.63) is 41.3 Å². The number of methoxy groups -OCH3 is 1. The minimum atomic E-state index is 0.172. The number of aromatic nitrogens is 1. The fraction of sp³-hybridized carbons (Fsp3) is 0.500. The smallest absolute Gasteiger partial charge is 0.160 e. The van der Waals surface area contributed by atoms with Gasteiger partial charge >= 0.3 is 0 Å². The highest BCUT2D eigenvalue weighted by Gasteiger charge is 2.29. The molecule has 1 aliphatic rings. The number of rotatable bonds is 5. The topological polar surface area (TPSA) is 58.7 Å². The Balaban J connectivity index is 1.76. The zero-order chi connectivity index (χ0) is 16.4. The molecule has 23 heavy (non-hydrogen) atoms. The summed E-state index contributed by atoms with van der Waals surface area (Å²) in [5.74, 6) is 2.02. The first-order chi connectivity index (χ1) is 11.1. The number of likely N-dealkylation sites (tertiary alicyclic amines) is 1.